The van der Waals surface area contributed by atoms with E-state index in [0.29, 0.717) is 40.7 Å². The van der Waals surface area contributed by atoms with E-state index in [9.17, 15) is 19.2 Å². The van der Waals surface area contributed by atoms with Gasteiger partial charge in [0.15, 0.2) is 0 Å². The number of anilines is 1. The first kappa shape index (κ1) is 26.5. The van der Waals surface area contributed by atoms with E-state index in [2.05, 4.69) is 32.1 Å². The average Bonchev–Trinajstić information content (AvgIpc) is 3.46. The molecule has 0 aromatic carbocycles. The number of thiophene rings is 1. The zero-order valence-corrected chi connectivity index (χ0v) is 20.7. The van der Waals surface area contributed by atoms with Crippen LogP contribution < -0.4 is 16.6 Å². The van der Waals surface area contributed by atoms with E-state index in [1.165, 1.54) is 11.3 Å². The van der Waals surface area contributed by atoms with Crippen LogP contribution in [0.25, 0.3) is 11.0 Å². The SMILES string of the molecule is CCC(C)OC(=O)C(CCC(=O)O)NC(=O)c1ccsc1C#CCCc1cc2c(=O)[nH]c(N)nc2[nH]1. The van der Waals surface area contributed by atoms with Crippen molar-refractivity contribution in [1.29, 1.82) is 0 Å². The molecule has 3 aromatic heterocycles. The third-order valence-electron chi connectivity index (χ3n) is 5.33. The van der Waals surface area contributed by atoms with Gasteiger partial charge in [0.05, 0.1) is 21.9 Å². The number of amides is 1. The zero-order chi connectivity index (χ0) is 26.2. The number of nitrogen functional groups attached to an aromatic ring is 1. The highest BCUT2D eigenvalue weighted by molar-refractivity contribution is 7.10. The van der Waals surface area contributed by atoms with E-state index in [4.69, 9.17) is 15.6 Å². The number of nitrogens with two attached hydrogens (primary N) is 1. The van der Waals surface area contributed by atoms with Gasteiger partial charge in [-0.25, -0.2) is 4.79 Å². The molecule has 0 radical (unpaired) electrons. The van der Waals surface area contributed by atoms with Crippen LogP contribution in [0.5, 0.6) is 0 Å². The maximum Gasteiger partial charge on any atom is 0.328 e. The normalized spacial score (nSPS) is 12.4. The second-order valence-corrected chi connectivity index (χ2v) is 9.00. The number of H-pyrrole nitrogens is 2. The molecule has 3 rings (SSSR count). The van der Waals surface area contributed by atoms with Gasteiger partial charge in [-0.3, -0.25) is 19.4 Å². The fourth-order valence-corrected chi connectivity index (χ4v) is 4.03. The number of rotatable bonds is 10. The standard InChI is InChI=1S/C24H27N5O6S/c1-3-13(2)35-23(34)17(8-9-19(30)31)27-21(32)15-10-11-36-18(15)7-5-4-6-14-12-16-20(26-14)28-24(25)29-22(16)33/h10-13,17H,3-4,6,8-9H2,1-2H3,(H,27,32)(H,30,31)(H4,25,26,28,29,33). The maximum absolute atomic E-state index is 12.9. The summed E-state index contributed by atoms with van der Waals surface area (Å²) in [5.41, 5.74) is 6.70. The Balaban J connectivity index is 1.66. The number of carbonyl (C=O) groups is 3. The molecule has 190 valence electrons. The Morgan fingerprint density at radius 1 is 1.33 bits per heavy atom. The molecular formula is C24H27N5O6S. The van der Waals surface area contributed by atoms with Crippen molar-refractivity contribution in [1.82, 2.24) is 20.3 Å². The van der Waals surface area contributed by atoms with Crippen molar-refractivity contribution in [2.45, 2.75) is 58.1 Å². The number of hydrogen-bond acceptors (Lipinski definition) is 8. The molecule has 3 heterocycles. The first-order valence-corrected chi connectivity index (χ1v) is 12.2. The third kappa shape index (κ3) is 6.96. The molecule has 0 saturated carbocycles. The highest BCUT2D eigenvalue weighted by Gasteiger charge is 2.26. The van der Waals surface area contributed by atoms with Gasteiger partial charge in [0, 0.05) is 18.5 Å². The van der Waals surface area contributed by atoms with E-state index < -0.39 is 23.9 Å². The number of aryl methyl sites for hydroxylation is 1. The molecule has 6 N–H and O–H groups in total. The lowest BCUT2D eigenvalue weighted by molar-refractivity contribution is -0.151. The number of carboxylic acid groups (broad SMARTS) is 1. The van der Waals surface area contributed by atoms with Crippen LogP contribution in [0, 0.1) is 11.8 Å². The van der Waals surface area contributed by atoms with Gasteiger partial charge < -0.3 is 25.9 Å². The van der Waals surface area contributed by atoms with Gasteiger partial charge in [-0.05, 0) is 43.7 Å². The Kier molecular flexibility index (Phi) is 8.86. The Morgan fingerprint density at radius 2 is 2.11 bits per heavy atom. The fraction of sp³-hybridized carbons (Fsp3) is 0.375. The summed E-state index contributed by atoms with van der Waals surface area (Å²) in [5.74, 6) is 3.73. The number of nitrogens with zero attached hydrogens (tertiary/aromatic N) is 1. The van der Waals surface area contributed by atoms with E-state index in [-0.39, 0.29) is 30.5 Å². The number of ether oxygens (including phenoxy) is 1. The number of aromatic amines is 2. The first-order chi connectivity index (χ1) is 17.2. The van der Waals surface area contributed by atoms with Crippen LogP contribution in [0.3, 0.4) is 0 Å². The second-order valence-electron chi connectivity index (χ2n) is 8.09. The summed E-state index contributed by atoms with van der Waals surface area (Å²) in [6, 6.07) is 2.21. The summed E-state index contributed by atoms with van der Waals surface area (Å²) >= 11 is 1.28. The molecule has 0 aliphatic carbocycles. The summed E-state index contributed by atoms with van der Waals surface area (Å²) < 4.78 is 5.29. The summed E-state index contributed by atoms with van der Waals surface area (Å²) in [4.78, 5) is 58.3. The van der Waals surface area contributed by atoms with Gasteiger partial charge in [-0.1, -0.05) is 18.8 Å². The van der Waals surface area contributed by atoms with Crippen LogP contribution in [-0.2, 0) is 20.7 Å². The van der Waals surface area contributed by atoms with Crippen LogP contribution in [-0.4, -0.2) is 50.1 Å². The molecule has 0 saturated heterocycles. The van der Waals surface area contributed by atoms with Crippen molar-refractivity contribution in [3.8, 4) is 11.8 Å². The summed E-state index contributed by atoms with van der Waals surface area (Å²) in [5, 5.41) is 13.7. The van der Waals surface area contributed by atoms with Crippen molar-refractivity contribution in [2.75, 3.05) is 5.73 Å². The highest BCUT2D eigenvalue weighted by atomic mass is 32.1. The Bertz CT molecular complexity index is 1380. The second kappa shape index (κ2) is 12.0. The van der Waals surface area contributed by atoms with Crippen molar-refractivity contribution in [2.24, 2.45) is 0 Å². The number of carbonyl (C=O) groups excluding carboxylic acids is 2. The lowest BCUT2D eigenvalue weighted by atomic mass is 10.1. The van der Waals surface area contributed by atoms with Gasteiger partial charge in [0.2, 0.25) is 5.95 Å². The smallest absolute Gasteiger partial charge is 0.328 e. The van der Waals surface area contributed by atoms with Crippen LogP contribution in [0.2, 0.25) is 0 Å². The van der Waals surface area contributed by atoms with Crippen LogP contribution in [0.4, 0.5) is 5.95 Å². The minimum absolute atomic E-state index is 0.0301. The Morgan fingerprint density at radius 3 is 2.83 bits per heavy atom. The molecule has 12 heteroatoms. The molecule has 1 amide bonds. The van der Waals surface area contributed by atoms with Crippen molar-refractivity contribution >= 4 is 46.2 Å². The number of aliphatic carboxylic acids is 1. The minimum Gasteiger partial charge on any atom is -0.481 e. The van der Waals surface area contributed by atoms with E-state index in [0.717, 1.165) is 5.69 Å². The number of carboxylic acids is 1. The largest absolute Gasteiger partial charge is 0.481 e. The monoisotopic (exact) mass is 513 g/mol. The van der Waals surface area contributed by atoms with E-state index >= 15 is 0 Å². The van der Waals surface area contributed by atoms with Gasteiger partial charge in [0.25, 0.3) is 11.5 Å². The summed E-state index contributed by atoms with van der Waals surface area (Å²) in [6.45, 7) is 3.57. The molecule has 0 spiro atoms. The molecule has 0 aliphatic heterocycles. The fourth-order valence-electron chi connectivity index (χ4n) is 3.27. The molecule has 2 atom stereocenters. The van der Waals surface area contributed by atoms with Crippen LogP contribution in [0.1, 0.15) is 60.5 Å². The van der Waals surface area contributed by atoms with Gasteiger partial charge in [-0.2, -0.15) is 4.98 Å². The number of esters is 1. The minimum atomic E-state index is -1.09. The predicted octanol–water partition coefficient (Wildman–Crippen LogP) is 2.18. The third-order valence-corrected chi connectivity index (χ3v) is 6.16. The maximum atomic E-state index is 12.9. The molecular weight excluding hydrogens is 486 g/mol. The summed E-state index contributed by atoms with van der Waals surface area (Å²) in [7, 11) is 0. The molecule has 0 bridgehead atoms. The van der Waals surface area contributed by atoms with Crippen LogP contribution >= 0.6 is 11.3 Å². The number of fused-ring (bicyclic) bond motifs is 1. The predicted molar refractivity (Wildman–Crippen MR) is 135 cm³/mol. The van der Waals surface area contributed by atoms with Crippen molar-refractivity contribution in [3.05, 3.63) is 44.0 Å². The lowest BCUT2D eigenvalue weighted by Gasteiger charge is -2.19. The molecule has 36 heavy (non-hydrogen) atoms. The van der Waals surface area contributed by atoms with Crippen molar-refractivity contribution in [3.63, 3.8) is 0 Å². The van der Waals surface area contributed by atoms with Crippen LogP contribution in [0.15, 0.2) is 22.3 Å². The van der Waals surface area contributed by atoms with Crippen molar-refractivity contribution < 1.29 is 24.2 Å². The average molecular weight is 514 g/mol. The van der Waals surface area contributed by atoms with E-state index in [1.54, 1.807) is 24.4 Å². The highest BCUT2D eigenvalue weighted by Crippen LogP contribution is 2.17. The van der Waals surface area contributed by atoms with Gasteiger partial charge >= 0.3 is 11.9 Å². The van der Waals surface area contributed by atoms with Gasteiger partial charge in [-0.15, -0.1) is 11.3 Å². The van der Waals surface area contributed by atoms with Gasteiger partial charge in [0.1, 0.15) is 11.7 Å². The first-order valence-electron chi connectivity index (χ1n) is 11.3. The molecule has 11 nitrogen and oxygen atoms in total. The Labute approximate surface area is 210 Å². The molecule has 2 unspecified atom stereocenters. The number of aromatic nitrogens is 3. The quantitative estimate of drug-likeness (QED) is 0.202. The summed E-state index contributed by atoms with van der Waals surface area (Å²) in [6.07, 6.45) is 0.826. The Hall–Kier alpha value is -4.11. The number of hydrogen-bond donors (Lipinski definition) is 5. The molecule has 0 aliphatic rings. The molecule has 0 fully saturated rings. The van der Waals surface area contributed by atoms with E-state index in [1.807, 2.05) is 6.92 Å². The lowest BCUT2D eigenvalue weighted by Crippen LogP contribution is -2.43. The zero-order valence-electron chi connectivity index (χ0n) is 19.8. The molecule has 3 aromatic rings. The number of nitrogens with one attached hydrogen (secondary N) is 3. The topological polar surface area (TPSA) is 180 Å².